The molecule has 1 heterocycles. The predicted molar refractivity (Wildman–Crippen MR) is 108 cm³/mol. The van der Waals surface area contributed by atoms with Gasteiger partial charge in [0.1, 0.15) is 5.75 Å². The Morgan fingerprint density at radius 2 is 1.89 bits per heavy atom. The number of carbonyl (C=O) groups excluding carboxylic acids is 1. The van der Waals surface area contributed by atoms with Crippen molar-refractivity contribution in [1.82, 2.24) is 14.8 Å². The van der Waals surface area contributed by atoms with Gasteiger partial charge in [0.2, 0.25) is 5.91 Å². The third-order valence-electron chi connectivity index (χ3n) is 3.95. The highest BCUT2D eigenvalue weighted by Gasteiger charge is 2.20. The van der Waals surface area contributed by atoms with Gasteiger partial charge in [0, 0.05) is 17.6 Å². The lowest BCUT2D eigenvalue weighted by Crippen LogP contribution is -2.23. The van der Waals surface area contributed by atoms with Crippen molar-refractivity contribution in [3.63, 3.8) is 0 Å². The van der Waals surface area contributed by atoms with Crippen LogP contribution < -0.4 is 10.1 Å². The highest BCUT2D eigenvalue weighted by atomic mass is 35.5. The van der Waals surface area contributed by atoms with E-state index in [1.54, 1.807) is 19.2 Å². The average Bonchev–Trinajstić information content (AvgIpc) is 3.03. The predicted octanol–water partition coefficient (Wildman–Crippen LogP) is 4.26. The number of nitrogens with zero attached hydrogens (tertiary/aromatic N) is 3. The Morgan fingerprint density at radius 1 is 1.19 bits per heavy atom. The van der Waals surface area contributed by atoms with Gasteiger partial charge in [0.25, 0.3) is 0 Å². The van der Waals surface area contributed by atoms with Crippen molar-refractivity contribution in [2.24, 2.45) is 7.05 Å². The molecule has 1 amide bonds. The van der Waals surface area contributed by atoms with Gasteiger partial charge in [-0.3, -0.25) is 4.79 Å². The number of thioether (sulfide) groups is 1. The fourth-order valence-corrected chi connectivity index (χ4v) is 3.40. The van der Waals surface area contributed by atoms with Crippen LogP contribution in [-0.4, -0.2) is 33.0 Å². The molecule has 0 aliphatic carbocycles. The fraction of sp³-hybridized carbons (Fsp3) is 0.211. The van der Waals surface area contributed by atoms with E-state index in [2.05, 4.69) is 15.5 Å². The third kappa shape index (κ3) is 4.43. The lowest BCUT2D eigenvalue weighted by molar-refractivity contribution is -0.115. The number of rotatable bonds is 6. The molecule has 1 aromatic heterocycles. The molecule has 0 saturated carbocycles. The van der Waals surface area contributed by atoms with Gasteiger partial charge in [-0.1, -0.05) is 35.5 Å². The number of amides is 1. The minimum Gasteiger partial charge on any atom is -0.495 e. The molecule has 0 unspecified atom stereocenters. The summed E-state index contributed by atoms with van der Waals surface area (Å²) in [7, 11) is 3.44. The minimum absolute atomic E-state index is 0.138. The smallest absolute Gasteiger partial charge is 0.237 e. The van der Waals surface area contributed by atoms with E-state index in [9.17, 15) is 4.79 Å². The van der Waals surface area contributed by atoms with Crippen LogP contribution in [0.3, 0.4) is 0 Å². The molecule has 3 aromatic rings. The minimum atomic E-state index is -0.365. The zero-order chi connectivity index (χ0) is 19.4. The van der Waals surface area contributed by atoms with Crippen LogP contribution in [0.15, 0.2) is 53.7 Å². The Labute approximate surface area is 166 Å². The van der Waals surface area contributed by atoms with Gasteiger partial charge >= 0.3 is 0 Å². The molecule has 0 radical (unpaired) electrons. The molecule has 0 aliphatic rings. The van der Waals surface area contributed by atoms with Gasteiger partial charge in [0.15, 0.2) is 11.0 Å². The topological polar surface area (TPSA) is 69.0 Å². The first-order valence-electron chi connectivity index (χ1n) is 8.25. The Balaban J connectivity index is 1.71. The van der Waals surface area contributed by atoms with E-state index in [-0.39, 0.29) is 11.2 Å². The summed E-state index contributed by atoms with van der Waals surface area (Å²) >= 11 is 7.28. The van der Waals surface area contributed by atoms with E-state index in [0.29, 0.717) is 27.4 Å². The number of benzene rings is 2. The summed E-state index contributed by atoms with van der Waals surface area (Å²) in [5.74, 6) is 1.19. The summed E-state index contributed by atoms with van der Waals surface area (Å²) in [6.07, 6.45) is 0. The van der Waals surface area contributed by atoms with Gasteiger partial charge < -0.3 is 14.6 Å². The molecule has 0 saturated heterocycles. The maximum absolute atomic E-state index is 12.6. The van der Waals surface area contributed by atoms with Crippen LogP contribution >= 0.6 is 23.4 Å². The molecule has 140 valence electrons. The maximum Gasteiger partial charge on any atom is 0.237 e. The monoisotopic (exact) mass is 402 g/mol. The van der Waals surface area contributed by atoms with Crippen molar-refractivity contribution >= 4 is 35.0 Å². The summed E-state index contributed by atoms with van der Waals surface area (Å²) in [6, 6.07) is 14.7. The molecule has 2 aromatic carbocycles. The van der Waals surface area contributed by atoms with E-state index in [1.807, 2.05) is 54.9 Å². The summed E-state index contributed by atoms with van der Waals surface area (Å²) < 4.78 is 7.13. The van der Waals surface area contributed by atoms with Crippen LogP contribution in [0.2, 0.25) is 5.02 Å². The number of para-hydroxylation sites is 2. The van der Waals surface area contributed by atoms with E-state index in [0.717, 1.165) is 5.56 Å². The standard InChI is InChI=1S/C19H19ClN4O2S/c1-12(18(25)21-15-6-4-5-7-16(15)26-3)27-19-23-22-17(24(19)2)13-8-10-14(20)11-9-13/h4-12H,1-3H3,(H,21,25)/t12-/m1/s1. The summed E-state index contributed by atoms with van der Waals surface area (Å²) in [4.78, 5) is 12.6. The average molecular weight is 403 g/mol. The molecule has 27 heavy (non-hydrogen) atoms. The number of halogens is 1. The second kappa shape index (κ2) is 8.45. The SMILES string of the molecule is COc1ccccc1NC(=O)[C@@H](C)Sc1nnc(-c2ccc(Cl)cc2)n1C. The second-order valence-electron chi connectivity index (χ2n) is 5.82. The van der Waals surface area contributed by atoms with E-state index in [4.69, 9.17) is 16.3 Å². The lowest BCUT2D eigenvalue weighted by atomic mass is 10.2. The summed E-state index contributed by atoms with van der Waals surface area (Å²) in [5.41, 5.74) is 1.55. The lowest BCUT2D eigenvalue weighted by Gasteiger charge is -2.13. The molecule has 0 bridgehead atoms. The maximum atomic E-state index is 12.6. The van der Waals surface area contributed by atoms with E-state index < -0.39 is 0 Å². The van der Waals surface area contributed by atoms with Gasteiger partial charge in [-0.05, 0) is 43.3 Å². The first-order chi connectivity index (χ1) is 13.0. The number of methoxy groups -OCH3 is 1. The molecular weight excluding hydrogens is 384 g/mol. The number of carbonyl (C=O) groups is 1. The Morgan fingerprint density at radius 3 is 2.59 bits per heavy atom. The van der Waals surface area contributed by atoms with Crippen LogP contribution in [0.4, 0.5) is 5.69 Å². The number of hydrogen-bond acceptors (Lipinski definition) is 5. The third-order valence-corrected chi connectivity index (χ3v) is 5.34. The van der Waals surface area contributed by atoms with Gasteiger partial charge in [-0.25, -0.2) is 0 Å². The molecule has 0 fully saturated rings. The number of ether oxygens (including phenoxy) is 1. The fourth-order valence-electron chi connectivity index (χ4n) is 2.46. The molecule has 8 heteroatoms. The number of aromatic nitrogens is 3. The molecule has 6 nitrogen and oxygen atoms in total. The summed E-state index contributed by atoms with van der Waals surface area (Å²) in [5, 5.41) is 12.3. The normalized spacial score (nSPS) is 11.9. The molecule has 1 N–H and O–H groups in total. The number of anilines is 1. The molecule has 0 spiro atoms. The van der Waals surface area contributed by atoms with Crippen molar-refractivity contribution in [1.29, 1.82) is 0 Å². The van der Waals surface area contributed by atoms with Gasteiger partial charge in [-0.15, -0.1) is 10.2 Å². The van der Waals surface area contributed by atoms with Crippen molar-refractivity contribution in [2.75, 3.05) is 12.4 Å². The van der Waals surface area contributed by atoms with Crippen molar-refractivity contribution < 1.29 is 9.53 Å². The van der Waals surface area contributed by atoms with Crippen LogP contribution in [-0.2, 0) is 11.8 Å². The largest absolute Gasteiger partial charge is 0.495 e. The number of hydrogen-bond donors (Lipinski definition) is 1. The highest BCUT2D eigenvalue weighted by Crippen LogP contribution is 2.28. The van der Waals surface area contributed by atoms with E-state index >= 15 is 0 Å². The van der Waals surface area contributed by atoms with Crippen LogP contribution in [0.5, 0.6) is 5.75 Å². The Hall–Kier alpha value is -2.51. The zero-order valence-corrected chi connectivity index (χ0v) is 16.7. The van der Waals surface area contributed by atoms with Crippen LogP contribution in [0.25, 0.3) is 11.4 Å². The van der Waals surface area contributed by atoms with Crippen molar-refractivity contribution in [3.05, 3.63) is 53.6 Å². The Bertz CT molecular complexity index is 943. The molecular formula is C19H19ClN4O2S. The zero-order valence-electron chi connectivity index (χ0n) is 15.1. The van der Waals surface area contributed by atoms with Gasteiger partial charge in [-0.2, -0.15) is 0 Å². The molecule has 3 rings (SSSR count). The van der Waals surface area contributed by atoms with Crippen LogP contribution in [0.1, 0.15) is 6.92 Å². The van der Waals surface area contributed by atoms with Crippen molar-refractivity contribution in [3.8, 4) is 17.1 Å². The van der Waals surface area contributed by atoms with E-state index in [1.165, 1.54) is 11.8 Å². The van der Waals surface area contributed by atoms with Crippen LogP contribution in [0, 0.1) is 0 Å². The highest BCUT2D eigenvalue weighted by molar-refractivity contribution is 8.00. The molecule has 1 atom stereocenters. The second-order valence-corrected chi connectivity index (χ2v) is 7.57. The van der Waals surface area contributed by atoms with Gasteiger partial charge in [0.05, 0.1) is 18.0 Å². The first-order valence-corrected chi connectivity index (χ1v) is 9.51. The number of nitrogens with one attached hydrogen (secondary N) is 1. The Kier molecular flexibility index (Phi) is 6.03. The first kappa shape index (κ1) is 19.3. The van der Waals surface area contributed by atoms with Crippen molar-refractivity contribution in [2.45, 2.75) is 17.3 Å². The molecule has 0 aliphatic heterocycles. The quantitative estimate of drug-likeness (QED) is 0.624. The summed E-state index contributed by atoms with van der Waals surface area (Å²) in [6.45, 7) is 1.83.